The molecule has 18 heavy (non-hydrogen) atoms. The second-order valence-electron chi connectivity index (χ2n) is 4.75. The molecule has 0 spiro atoms. The number of ether oxygens (including phenoxy) is 1. The number of hydrogen-bond donors (Lipinski definition) is 1. The summed E-state index contributed by atoms with van der Waals surface area (Å²) in [5.74, 6) is -0.874. The molecule has 1 atom stereocenters. The van der Waals surface area contributed by atoms with Crippen molar-refractivity contribution in [1.29, 1.82) is 0 Å². The van der Waals surface area contributed by atoms with Crippen molar-refractivity contribution in [3.8, 4) is 5.75 Å². The maximum absolute atomic E-state index is 13.8. The Morgan fingerprint density at radius 2 is 2.17 bits per heavy atom. The fourth-order valence-electron chi connectivity index (χ4n) is 2.04. The Morgan fingerprint density at radius 1 is 1.50 bits per heavy atom. The summed E-state index contributed by atoms with van der Waals surface area (Å²) in [6.45, 7) is 3.58. The number of benzene rings is 1. The Kier molecular flexibility index (Phi) is 4.70. The minimum atomic E-state index is -0.926. The third-order valence-corrected chi connectivity index (χ3v) is 3.16. The van der Waals surface area contributed by atoms with E-state index in [1.807, 2.05) is 6.92 Å². The average Bonchev–Trinajstić information content (AvgIpc) is 2.32. The van der Waals surface area contributed by atoms with Gasteiger partial charge in [0.1, 0.15) is 11.6 Å². The molecular formula is C14H19FO3. The number of halogens is 1. The second-order valence-corrected chi connectivity index (χ2v) is 4.75. The van der Waals surface area contributed by atoms with Crippen LogP contribution in [0.5, 0.6) is 5.75 Å². The molecule has 0 aliphatic heterocycles. The maximum Gasteiger partial charge on any atom is 0.309 e. The standard InChI is InChI=1S/C14H19FO3/c1-4-7-14(2,13(16)17)9-10-5-6-11(18-3)8-12(10)15/h5-6,8H,4,7,9H2,1-3H3,(H,16,17). The Labute approximate surface area is 107 Å². The van der Waals surface area contributed by atoms with E-state index in [0.717, 1.165) is 6.42 Å². The van der Waals surface area contributed by atoms with Gasteiger partial charge in [-0.05, 0) is 31.4 Å². The third kappa shape index (κ3) is 3.22. The van der Waals surface area contributed by atoms with Crippen LogP contribution in [0.4, 0.5) is 4.39 Å². The molecule has 1 unspecified atom stereocenters. The van der Waals surface area contributed by atoms with E-state index in [4.69, 9.17) is 4.74 Å². The highest BCUT2D eigenvalue weighted by molar-refractivity contribution is 5.74. The smallest absolute Gasteiger partial charge is 0.309 e. The van der Waals surface area contributed by atoms with Gasteiger partial charge in [0, 0.05) is 6.07 Å². The Bertz CT molecular complexity index is 431. The largest absolute Gasteiger partial charge is 0.497 e. The number of hydrogen-bond acceptors (Lipinski definition) is 2. The first-order chi connectivity index (χ1) is 8.42. The highest BCUT2D eigenvalue weighted by atomic mass is 19.1. The lowest BCUT2D eigenvalue weighted by molar-refractivity contribution is -0.148. The van der Waals surface area contributed by atoms with Crippen molar-refractivity contribution in [2.45, 2.75) is 33.1 Å². The molecule has 0 saturated heterocycles. The van der Waals surface area contributed by atoms with Crippen LogP contribution in [0.15, 0.2) is 18.2 Å². The van der Waals surface area contributed by atoms with E-state index >= 15 is 0 Å². The van der Waals surface area contributed by atoms with E-state index in [1.54, 1.807) is 19.1 Å². The number of carbonyl (C=O) groups is 1. The van der Waals surface area contributed by atoms with Crippen molar-refractivity contribution >= 4 is 5.97 Å². The molecule has 0 aromatic heterocycles. The van der Waals surface area contributed by atoms with Gasteiger partial charge >= 0.3 is 5.97 Å². The van der Waals surface area contributed by atoms with Crippen LogP contribution in [0.3, 0.4) is 0 Å². The number of methoxy groups -OCH3 is 1. The number of carboxylic acid groups (broad SMARTS) is 1. The van der Waals surface area contributed by atoms with Gasteiger partial charge in [-0.15, -0.1) is 0 Å². The van der Waals surface area contributed by atoms with E-state index < -0.39 is 17.2 Å². The van der Waals surface area contributed by atoms with Crippen LogP contribution in [0, 0.1) is 11.2 Å². The molecule has 0 fully saturated rings. The Hall–Kier alpha value is -1.58. The van der Waals surface area contributed by atoms with Gasteiger partial charge < -0.3 is 9.84 Å². The van der Waals surface area contributed by atoms with Crippen LogP contribution >= 0.6 is 0 Å². The fourth-order valence-corrected chi connectivity index (χ4v) is 2.04. The summed E-state index contributed by atoms with van der Waals surface area (Å²) < 4.78 is 18.7. The van der Waals surface area contributed by atoms with Gasteiger partial charge in [0.05, 0.1) is 12.5 Å². The zero-order chi connectivity index (χ0) is 13.8. The van der Waals surface area contributed by atoms with E-state index in [1.165, 1.54) is 13.2 Å². The zero-order valence-electron chi connectivity index (χ0n) is 11.0. The van der Waals surface area contributed by atoms with Gasteiger partial charge in [-0.2, -0.15) is 0 Å². The molecule has 1 rings (SSSR count). The Balaban J connectivity index is 2.98. The van der Waals surface area contributed by atoms with Gasteiger partial charge in [0.2, 0.25) is 0 Å². The van der Waals surface area contributed by atoms with Crippen LogP contribution in [0.2, 0.25) is 0 Å². The van der Waals surface area contributed by atoms with Crippen molar-refractivity contribution in [2.75, 3.05) is 7.11 Å². The van der Waals surface area contributed by atoms with Crippen molar-refractivity contribution in [3.05, 3.63) is 29.6 Å². The van der Waals surface area contributed by atoms with Crippen LogP contribution in [0.1, 0.15) is 32.3 Å². The van der Waals surface area contributed by atoms with E-state index in [9.17, 15) is 14.3 Å². The van der Waals surface area contributed by atoms with Crippen LogP contribution in [0.25, 0.3) is 0 Å². The molecule has 0 bridgehead atoms. The summed E-state index contributed by atoms with van der Waals surface area (Å²) in [5, 5.41) is 9.27. The lowest BCUT2D eigenvalue weighted by Gasteiger charge is -2.24. The minimum Gasteiger partial charge on any atom is -0.497 e. The molecule has 1 aromatic rings. The molecule has 0 radical (unpaired) electrons. The highest BCUT2D eigenvalue weighted by Crippen LogP contribution is 2.30. The molecule has 0 heterocycles. The fraction of sp³-hybridized carbons (Fsp3) is 0.500. The van der Waals surface area contributed by atoms with Crippen molar-refractivity contribution < 1.29 is 19.0 Å². The molecular weight excluding hydrogens is 235 g/mol. The molecule has 100 valence electrons. The Morgan fingerprint density at radius 3 is 2.61 bits per heavy atom. The summed E-state index contributed by atoms with van der Waals surface area (Å²) in [6, 6.07) is 4.52. The minimum absolute atomic E-state index is 0.187. The average molecular weight is 254 g/mol. The number of aliphatic carboxylic acids is 1. The molecule has 0 amide bonds. The van der Waals surface area contributed by atoms with Gasteiger partial charge in [0.15, 0.2) is 0 Å². The normalized spacial score (nSPS) is 14.0. The molecule has 0 aliphatic rings. The lowest BCUT2D eigenvalue weighted by atomic mass is 9.80. The number of carboxylic acids is 1. The van der Waals surface area contributed by atoms with Gasteiger partial charge in [-0.3, -0.25) is 4.79 Å². The molecule has 1 aromatic carbocycles. The molecule has 0 aliphatic carbocycles. The summed E-state index contributed by atoms with van der Waals surface area (Å²) in [5.41, 5.74) is -0.515. The van der Waals surface area contributed by atoms with Crippen LogP contribution < -0.4 is 4.74 Å². The zero-order valence-corrected chi connectivity index (χ0v) is 11.0. The summed E-state index contributed by atoms with van der Waals surface area (Å²) in [6.07, 6.45) is 1.46. The second kappa shape index (κ2) is 5.85. The predicted octanol–water partition coefficient (Wildman–Crippen LogP) is 3.27. The molecule has 3 nitrogen and oxygen atoms in total. The van der Waals surface area contributed by atoms with Gasteiger partial charge in [-0.1, -0.05) is 19.4 Å². The van der Waals surface area contributed by atoms with E-state index in [-0.39, 0.29) is 6.42 Å². The van der Waals surface area contributed by atoms with Gasteiger partial charge in [-0.25, -0.2) is 4.39 Å². The lowest BCUT2D eigenvalue weighted by Crippen LogP contribution is -2.30. The SMILES string of the molecule is CCCC(C)(Cc1ccc(OC)cc1F)C(=O)O. The third-order valence-electron chi connectivity index (χ3n) is 3.16. The van der Waals surface area contributed by atoms with Crippen molar-refractivity contribution in [2.24, 2.45) is 5.41 Å². The van der Waals surface area contributed by atoms with E-state index in [2.05, 4.69) is 0 Å². The first kappa shape index (κ1) is 14.5. The molecule has 0 saturated carbocycles. The van der Waals surface area contributed by atoms with Gasteiger partial charge in [0.25, 0.3) is 0 Å². The summed E-state index contributed by atoms with van der Waals surface area (Å²) in [4.78, 5) is 11.3. The van der Waals surface area contributed by atoms with Crippen LogP contribution in [-0.4, -0.2) is 18.2 Å². The first-order valence-electron chi connectivity index (χ1n) is 5.98. The first-order valence-corrected chi connectivity index (χ1v) is 5.98. The van der Waals surface area contributed by atoms with E-state index in [0.29, 0.717) is 17.7 Å². The monoisotopic (exact) mass is 254 g/mol. The quantitative estimate of drug-likeness (QED) is 0.847. The molecule has 4 heteroatoms. The summed E-state index contributed by atoms with van der Waals surface area (Å²) in [7, 11) is 1.47. The molecule has 1 N–H and O–H groups in total. The van der Waals surface area contributed by atoms with Crippen molar-refractivity contribution in [1.82, 2.24) is 0 Å². The maximum atomic E-state index is 13.8. The topological polar surface area (TPSA) is 46.5 Å². The summed E-state index contributed by atoms with van der Waals surface area (Å²) >= 11 is 0. The number of rotatable bonds is 6. The van der Waals surface area contributed by atoms with Crippen molar-refractivity contribution in [3.63, 3.8) is 0 Å². The predicted molar refractivity (Wildman–Crippen MR) is 67.3 cm³/mol. The van der Waals surface area contributed by atoms with Crippen LogP contribution in [-0.2, 0) is 11.2 Å². The highest BCUT2D eigenvalue weighted by Gasteiger charge is 2.33.